The number of likely N-dealkylation sites (tertiary alicyclic amines) is 1. The Morgan fingerprint density at radius 3 is 1.86 bits per heavy atom. The zero-order chi connectivity index (χ0) is 40.6. The third kappa shape index (κ3) is 11.2. The van der Waals surface area contributed by atoms with Gasteiger partial charge < -0.3 is 33.6 Å². The number of carbonyl (C=O) groups is 3. The minimum absolute atomic E-state index is 0.0207. The molecule has 0 aromatic heterocycles. The summed E-state index contributed by atoms with van der Waals surface area (Å²) in [6.07, 6.45) is 0.0911. The highest BCUT2D eigenvalue weighted by atomic mass is 28.4. The van der Waals surface area contributed by atoms with Crippen LogP contribution in [0.2, 0.25) is 18.1 Å². The van der Waals surface area contributed by atoms with Crippen LogP contribution in [0.3, 0.4) is 0 Å². The number of amides is 2. The van der Waals surface area contributed by atoms with Gasteiger partial charge in [-0.2, -0.15) is 0 Å². The van der Waals surface area contributed by atoms with Crippen LogP contribution in [0.4, 0.5) is 4.79 Å². The number of benzene rings is 4. The highest BCUT2D eigenvalue weighted by Crippen LogP contribution is 2.43. The average molecular weight is 781 g/mol. The van der Waals surface area contributed by atoms with Crippen molar-refractivity contribution in [2.45, 2.75) is 103 Å². The van der Waals surface area contributed by atoms with E-state index in [1.165, 1.54) is 0 Å². The van der Waals surface area contributed by atoms with Crippen LogP contribution in [-0.2, 0) is 27.1 Å². The van der Waals surface area contributed by atoms with E-state index in [0.29, 0.717) is 36.6 Å². The minimum Gasteiger partial charge on any atom is -0.485 e. The molecule has 56 heavy (non-hydrogen) atoms. The monoisotopic (exact) mass is 780 g/mol. The van der Waals surface area contributed by atoms with Crippen LogP contribution in [0.25, 0.3) is 0 Å². The first kappa shape index (κ1) is 42.0. The maximum atomic E-state index is 14.6. The van der Waals surface area contributed by atoms with Crippen molar-refractivity contribution in [3.8, 4) is 11.5 Å². The summed E-state index contributed by atoms with van der Waals surface area (Å²) >= 11 is 0. The summed E-state index contributed by atoms with van der Waals surface area (Å²) in [5, 5.41) is 2.82. The third-order valence-corrected chi connectivity index (χ3v) is 14.5. The van der Waals surface area contributed by atoms with E-state index in [0.717, 1.165) is 11.1 Å². The van der Waals surface area contributed by atoms with E-state index in [4.69, 9.17) is 23.4 Å². The van der Waals surface area contributed by atoms with Gasteiger partial charge in [0.25, 0.3) is 5.91 Å². The average Bonchev–Trinajstić information content (AvgIpc) is 3.32. The van der Waals surface area contributed by atoms with Crippen molar-refractivity contribution in [1.29, 1.82) is 0 Å². The summed E-state index contributed by atoms with van der Waals surface area (Å²) in [7, 11) is -2.74. The molecule has 298 valence electrons. The van der Waals surface area contributed by atoms with E-state index in [1.54, 1.807) is 68.1 Å². The van der Waals surface area contributed by atoms with Crippen LogP contribution in [0.1, 0.15) is 86.2 Å². The largest absolute Gasteiger partial charge is 0.485 e. The maximum Gasteiger partial charge on any atom is 0.410 e. The summed E-state index contributed by atoms with van der Waals surface area (Å²) < 4.78 is 32.1. The zero-order valence-electron chi connectivity index (χ0n) is 33.9. The van der Waals surface area contributed by atoms with Gasteiger partial charge in [0, 0.05) is 18.5 Å². The SMILES string of the molecule is CC(C)(C)OC(=O)N1CCC[C@@](OC(=O)c2ccc(OCc3ccccc3)c(OCc3ccccc3)c2)(O[Si](C)(C)C(C)(C)C)[C@H](NC(=O)c2ccccc2)C1. The molecule has 1 saturated heterocycles. The highest BCUT2D eigenvalue weighted by molar-refractivity contribution is 6.74. The molecule has 1 aliphatic heterocycles. The number of carbonyl (C=O) groups excluding carboxylic acids is 3. The Morgan fingerprint density at radius 1 is 0.750 bits per heavy atom. The molecule has 4 aromatic carbocycles. The number of nitrogens with zero attached hydrogens (tertiary/aromatic N) is 1. The van der Waals surface area contributed by atoms with Crippen molar-refractivity contribution in [3.05, 3.63) is 131 Å². The lowest BCUT2D eigenvalue weighted by Crippen LogP contribution is -2.64. The van der Waals surface area contributed by atoms with Crippen LogP contribution < -0.4 is 14.8 Å². The smallest absolute Gasteiger partial charge is 0.410 e. The first-order chi connectivity index (χ1) is 26.4. The van der Waals surface area contributed by atoms with Crippen LogP contribution in [0, 0.1) is 0 Å². The predicted octanol–water partition coefficient (Wildman–Crippen LogP) is 9.55. The molecule has 0 radical (unpaired) electrons. The summed E-state index contributed by atoms with van der Waals surface area (Å²) in [5.74, 6) is -1.90. The van der Waals surface area contributed by atoms with Crippen LogP contribution in [0.5, 0.6) is 11.5 Å². The van der Waals surface area contributed by atoms with Gasteiger partial charge in [-0.05, 0) is 86.8 Å². The number of nitrogens with one attached hydrogen (secondary N) is 1. The number of hydrogen-bond donors (Lipinski definition) is 1. The molecule has 11 heteroatoms. The second-order valence-corrected chi connectivity index (χ2v) is 21.4. The molecule has 0 bridgehead atoms. The Kier molecular flexibility index (Phi) is 13.3. The van der Waals surface area contributed by atoms with Crippen molar-refractivity contribution in [2.75, 3.05) is 13.1 Å². The molecule has 1 heterocycles. The van der Waals surface area contributed by atoms with Gasteiger partial charge in [-0.15, -0.1) is 0 Å². The molecule has 4 aromatic rings. The van der Waals surface area contributed by atoms with Gasteiger partial charge in [0.15, 0.2) is 19.8 Å². The van der Waals surface area contributed by atoms with E-state index >= 15 is 0 Å². The number of ether oxygens (including phenoxy) is 4. The summed E-state index contributed by atoms with van der Waals surface area (Å²) in [5.41, 5.74) is 1.80. The van der Waals surface area contributed by atoms with E-state index in [2.05, 4.69) is 39.2 Å². The molecule has 0 aliphatic carbocycles. The maximum absolute atomic E-state index is 14.6. The van der Waals surface area contributed by atoms with Crippen LogP contribution >= 0.6 is 0 Å². The Hall–Kier alpha value is -5.13. The van der Waals surface area contributed by atoms with E-state index in [1.807, 2.05) is 66.7 Å². The third-order valence-electron chi connectivity index (χ3n) is 10.0. The van der Waals surface area contributed by atoms with Gasteiger partial charge in [-0.1, -0.05) is 99.6 Å². The lowest BCUT2D eigenvalue weighted by molar-refractivity contribution is -0.174. The lowest BCUT2D eigenvalue weighted by atomic mass is 10.0. The topological polar surface area (TPSA) is 113 Å². The Balaban J connectivity index is 1.54. The second-order valence-electron chi connectivity index (χ2n) is 16.7. The number of hydrogen-bond acceptors (Lipinski definition) is 8. The minimum atomic E-state index is -2.74. The van der Waals surface area contributed by atoms with Gasteiger partial charge in [-0.25, -0.2) is 9.59 Å². The van der Waals surface area contributed by atoms with E-state index in [-0.39, 0.29) is 30.2 Å². The zero-order valence-corrected chi connectivity index (χ0v) is 34.9. The fourth-order valence-electron chi connectivity index (χ4n) is 6.02. The highest BCUT2D eigenvalue weighted by Gasteiger charge is 2.54. The quantitative estimate of drug-likeness (QED) is 0.0860. The van der Waals surface area contributed by atoms with Crippen molar-refractivity contribution in [3.63, 3.8) is 0 Å². The molecular weight excluding hydrogens is 725 g/mol. The van der Waals surface area contributed by atoms with Gasteiger partial charge >= 0.3 is 12.1 Å². The van der Waals surface area contributed by atoms with Crippen molar-refractivity contribution in [1.82, 2.24) is 10.2 Å². The van der Waals surface area contributed by atoms with Gasteiger partial charge in [0.2, 0.25) is 5.79 Å². The molecule has 0 unspecified atom stereocenters. The molecule has 1 fully saturated rings. The molecule has 1 aliphatic rings. The molecule has 5 rings (SSSR count). The Morgan fingerprint density at radius 2 is 1.30 bits per heavy atom. The molecule has 2 amide bonds. The van der Waals surface area contributed by atoms with Crippen molar-refractivity contribution in [2.24, 2.45) is 0 Å². The van der Waals surface area contributed by atoms with Gasteiger partial charge in [-0.3, -0.25) is 4.79 Å². The fraction of sp³-hybridized carbons (Fsp3) is 0.400. The summed E-state index contributed by atoms with van der Waals surface area (Å²) in [6, 6.07) is 32.3. The molecular formula is C45H56N2O8Si. The second kappa shape index (κ2) is 17.8. The van der Waals surface area contributed by atoms with Crippen molar-refractivity contribution >= 4 is 26.3 Å². The molecule has 10 nitrogen and oxygen atoms in total. The van der Waals surface area contributed by atoms with E-state index < -0.39 is 43.7 Å². The van der Waals surface area contributed by atoms with Crippen molar-refractivity contribution < 1.29 is 37.8 Å². The standard InChI is InChI=1S/C45H56N2O8Si/c1-43(2,3)54-42(50)47-28-18-27-45(55-56(7,8)44(4,5)6,39(30-47)46-40(48)35-23-16-11-17-24-35)53-41(49)36-25-26-37(51-31-33-19-12-9-13-20-33)38(29-36)52-32-34-21-14-10-15-22-34/h9-17,19-26,29,39H,18,27-28,30-32H2,1-8H3,(H,46,48)/t39-,45-/m1/s1. The molecule has 1 N–H and O–H groups in total. The molecule has 0 spiro atoms. The van der Waals surface area contributed by atoms with Crippen LogP contribution in [0.15, 0.2) is 109 Å². The number of rotatable bonds is 12. The Labute approximate surface area is 332 Å². The van der Waals surface area contributed by atoms with E-state index in [9.17, 15) is 14.4 Å². The normalized spacial score (nSPS) is 17.6. The first-order valence-electron chi connectivity index (χ1n) is 19.2. The first-order valence-corrected chi connectivity index (χ1v) is 22.1. The number of esters is 1. The Bertz CT molecular complexity index is 1930. The van der Waals surface area contributed by atoms with Gasteiger partial charge in [0.1, 0.15) is 24.9 Å². The predicted molar refractivity (Wildman–Crippen MR) is 219 cm³/mol. The van der Waals surface area contributed by atoms with Crippen LogP contribution in [-0.4, -0.2) is 61.7 Å². The van der Waals surface area contributed by atoms with Gasteiger partial charge in [0.05, 0.1) is 12.1 Å². The lowest BCUT2D eigenvalue weighted by Gasteiger charge is -2.47. The summed E-state index contributed by atoms with van der Waals surface area (Å²) in [6.45, 7) is 16.7. The fourth-order valence-corrected chi connectivity index (χ4v) is 7.48. The molecule has 2 atom stereocenters. The summed E-state index contributed by atoms with van der Waals surface area (Å²) in [4.78, 5) is 43.6. The molecule has 0 saturated carbocycles.